The second-order valence-electron chi connectivity index (χ2n) is 2.42. The maximum absolute atomic E-state index is 11.1. The van der Waals surface area contributed by atoms with Gasteiger partial charge in [0.1, 0.15) is 4.90 Å². The Morgan fingerprint density at radius 3 is 2.08 bits per heavy atom. The third-order valence-electron chi connectivity index (χ3n) is 1.54. The van der Waals surface area contributed by atoms with Gasteiger partial charge in [-0.05, 0) is 40.5 Å². The Morgan fingerprint density at radius 2 is 1.69 bits per heavy atom. The first-order valence-corrected chi connectivity index (χ1v) is 7.13. The molecule has 0 aliphatic heterocycles. The summed E-state index contributed by atoms with van der Waals surface area (Å²) in [5, 5.41) is 0. The number of rotatable bonds is 1. The largest absolute Gasteiger partial charge is 0.262 e. The molecule has 0 N–H and O–H groups in total. The van der Waals surface area contributed by atoms with Crippen LogP contribution >= 0.6 is 42.5 Å². The molecule has 6 heteroatoms. The van der Waals surface area contributed by atoms with Crippen molar-refractivity contribution in [3.8, 4) is 0 Å². The average molecular weight is 348 g/mol. The third-order valence-corrected chi connectivity index (χ3v) is 4.79. The van der Waals surface area contributed by atoms with E-state index in [1.54, 1.807) is 19.1 Å². The summed E-state index contributed by atoms with van der Waals surface area (Å²) < 4.78 is 23.5. The van der Waals surface area contributed by atoms with Gasteiger partial charge in [-0.3, -0.25) is 0 Å². The molecule has 72 valence electrons. The highest BCUT2D eigenvalue weighted by Gasteiger charge is 2.18. The van der Waals surface area contributed by atoms with Gasteiger partial charge in [0.2, 0.25) is 0 Å². The molecule has 2 nitrogen and oxygen atoms in total. The molecule has 0 heterocycles. The molecule has 0 spiro atoms. The molecular weight excluding hydrogens is 343 g/mol. The van der Waals surface area contributed by atoms with E-state index in [-0.39, 0.29) is 4.90 Å². The topological polar surface area (TPSA) is 34.1 Å². The lowest BCUT2D eigenvalue weighted by atomic mass is 10.2. The van der Waals surface area contributed by atoms with Crippen molar-refractivity contribution in [1.29, 1.82) is 0 Å². The molecule has 0 saturated heterocycles. The van der Waals surface area contributed by atoms with E-state index in [0.29, 0.717) is 10.0 Å². The normalized spacial score (nSPS) is 11.7. The van der Waals surface area contributed by atoms with Gasteiger partial charge in [0.25, 0.3) is 9.05 Å². The van der Waals surface area contributed by atoms with Crippen LogP contribution < -0.4 is 0 Å². The van der Waals surface area contributed by atoms with Crippen LogP contribution in [0.4, 0.5) is 0 Å². The second-order valence-corrected chi connectivity index (χ2v) is 6.63. The molecule has 0 radical (unpaired) electrons. The molecule has 1 aromatic carbocycles. The molecule has 13 heavy (non-hydrogen) atoms. The Hall–Kier alpha value is 0.420. The van der Waals surface area contributed by atoms with Crippen LogP contribution in [0.5, 0.6) is 0 Å². The Balaban J connectivity index is 3.62. The molecule has 0 bridgehead atoms. The van der Waals surface area contributed by atoms with E-state index in [2.05, 4.69) is 31.9 Å². The fraction of sp³-hybridized carbons (Fsp3) is 0.143. The van der Waals surface area contributed by atoms with Gasteiger partial charge in [0.05, 0.1) is 0 Å². The van der Waals surface area contributed by atoms with Gasteiger partial charge in [-0.25, -0.2) is 8.42 Å². The van der Waals surface area contributed by atoms with Gasteiger partial charge in [-0.1, -0.05) is 15.9 Å². The predicted octanol–water partition coefficient (Wildman–Crippen LogP) is 3.45. The van der Waals surface area contributed by atoms with Crippen LogP contribution in [0.25, 0.3) is 0 Å². The predicted molar refractivity (Wildman–Crippen MR) is 59.6 cm³/mol. The highest BCUT2D eigenvalue weighted by Crippen LogP contribution is 2.32. The minimum absolute atomic E-state index is 0.114. The van der Waals surface area contributed by atoms with Crippen molar-refractivity contribution in [2.24, 2.45) is 0 Å². The summed E-state index contributed by atoms with van der Waals surface area (Å²) in [6.45, 7) is 1.68. The summed E-state index contributed by atoms with van der Waals surface area (Å²) in [5.74, 6) is 0. The summed E-state index contributed by atoms with van der Waals surface area (Å²) in [4.78, 5) is 0.114. The lowest BCUT2D eigenvalue weighted by Crippen LogP contribution is -1.96. The smallest absolute Gasteiger partial charge is 0.207 e. The lowest BCUT2D eigenvalue weighted by molar-refractivity contribution is 0.608. The number of halogens is 3. The van der Waals surface area contributed by atoms with Crippen molar-refractivity contribution in [2.45, 2.75) is 11.8 Å². The zero-order chi connectivity index (χ0) is 10.2. The summed E-state index contributed by atoms with van der Waals surface area (Å²) in [7, 11) is 1.57. The molecule has 0 atom stereocenters. The van der Waals surface area contributed by atoms with E-state index in [1.807, 2.05) is 0 Å². The van der Waals surface area contributed by atoms with Crippen LogP contribution in [0.2, 0.25) is 0 Å². The van der Waals surface area contributed by atoms with E-state index >= 15 is 0 Å². The van der Waals surface area contributed by atoms with E-state index in [9.17, 15) is 8.42 Å². The molecule has 1 aromatic rings. The molecular formula is C7H5Br2ClO2S. The highest BCUT2D eigenvalue weighted by atomic mass is 79.9. The van der Waals surface area contributed by atoms with Crippen molar-refractivity contribution in [2.75, 3.05) is 0 Å². The second kappa shape index (κ2) is 3.88. The summed E-state index contributed by atoms with van der Waals surface area (Å²) in [5.41, 5.74) is 0.601. The zero-order valence-electron chi connectivity index (χ0n) is 6.51. The van der Waals surface area contributed by atoms with Crippen LogP contribution in [-0.4, -0.2) is 8.42 Å². The quantitative estimate of drug-likeness (QED) is 0.729. The zero-order valence-corrected chi connectivity index (χ0v) is 11.3. The van der Waals surface area contributed by atoms with Crippen LogP contribution in [0.3, 0.4) is 0 Å². The first kappa shape index (κ1) is 11.5. The van der Waals surface area contributed by atoms with Gasteiger partial charge in [-0.15, -0.1) is 0 Å². The van der Waals surface area contributed by atoms with E-state index in [1.165, 1.54) is 0 Å². The maximum Gasteiger partial charge on any atom is 0.262 e. The number of hydrogen-bond acceptors (Lipinski definition) is 2. The third kappa shape index (κ3) is 2.46. The fourth-order valence-corrected chi connectivity index (χ4v) is 4.12. The Morgan fingerprint density at radius 1 is 1.23 bits per heavy atom. The van der Waals surface area contributed by atoms with Gasteiger partial charge in [0.15, 0.2) is 0 Å². The first-order chi connectivity index (χ1) is 5.84. The molecule has 0 saturated carbocycles. The lowest BCUT2D eigenvalue weighted by Gasteiger charge is -2.06. The van der Waals surface area contributed by atoms with E-state index in [4.69, 9.17) is 10.7 Å². The summed E-state index contributed by atoms with van der Waals surface area (Å²) >= 11 is 6.36. The van der Waals surface area contributed by atoms with Crippen molar-refractivity contribution >= 4 is 51.6 Å². The molecule has 0 fully saturated rings. The van der Waals surface area contributed by atoms with Crippen molar-refractivity contribution in [3.63, 3.8) is 0 Å². The van der Waals surface area contributed by atoms with Crippen molar-refractivity contribution in [1.82, 2.24) is 0 Å². The Kier molecular flexibility index (Phi) is 3.43. The van der Waals surface area contributed by atoms with E-state index < -0.39 is 9.05 Å². The fourth-order valence-electron chi connectivity index (χ4n) is 0.934. The number of hydrogen-bond donors (Lipinski definition) is 0. The van der Waals surface area contributed by atoms with Crippen molar-refractivity contribution < 1.29 is 8.42 Å². The SMILES string of the molecule is Cc1c(Br)ccc(Br)c1S(=O)(=O)Cl. The van der Waals surface area contributed by atoms with Gasteiger partial charge in [-0.2, -0.15) is 0 Å². The standard InChI is InChI=1S/C7H5Br2ClO2S/c1-4-5(8)2-3-6(9)7(4)13(10,11)12/h2-3H,1H3. The van der Waals surface area contributed by atoms with E-state index in [0.717, 1.165) is 4.47 Å². The molecule has 0 aliphatic rings. The van der Waals surface area contributed by atoms with Gasteiger partial charge in [0, 0.05) is 19.6 Å². The van der Waals surface area contributed by atoms with Crippen LogP contribution in [-0.2, 0) is 9.05 Å². The molecule has 0 unspecified atom stereocenters. The molecule has 0 amide bonds. The Labute approximate surface area is 98.0 Å². The Bertz CT molecular complexity index is 442. The first-order valence-electron chi connectivity index (χ1n) is 3.23. The van der Waals surface area contributed by atoms with Gasteiger partial charge >= 0.3 is 0 Å². The highest BCUT2D eigenvalue weighted by molar-refractivity contribution is 9.11. The summed E-state index contributed by atoms with van der Waals surface area (Å²) in [6.07, 6.45) is 0. The number of benzene rings is 1. The summed E-state index contributed by atoms with van der Waals surface area (Å²) in [6, 6.07) is 3.39. The maximum atomic E-state index is 11.1. The molecule has 1 rings (SSSR count). The minimum Gasteiger partial charge on any atom is -0.207 e. The minimum atomic E-state index is -3.69. The monoisotopic (exact) mass is 346 g/mol. The van der Waals surface area contributed by atoms with Crippen molar-refractivity contribution in [3.05, 3.63) is 26.6 Å². The van der Waals surface area contributed by atoms with Gasteiger partial charge < -0.3 is 0 Å². The van der Waals surface area contributed by atoms with Crippen LogP contribution in [0.15, 0.2) is 26.0 Å². The molecule has 0 aliphatic carbocycles. The van der Waals surface area contributed by atoms with Crippen LogP contribution in [0.1, 0.15) is 5.56 Å². The molecule has 0 aromatic heterocycles. The average Bonchev–Trinajstić information content (AvgIpc) is 1.95. The van der Waals surface area contributed by atoms with Crippen LogP contribution in [0, 0.1) is 6.92 Å².